The number of hydrogen-bond donors (Lipinski definition) is 0. The molecular weight excluding hydrogens is 188 g/mol. The van der Waals surface area contributed by atoms with Gasteiger partial charge >= 0.3 is 0 Å². The van der Waals surface area contributed by atoms with Gasteiger partial charge in [-0.05, 0) is 31.2 Å². The third-order valence-electron chi connectivity index (χ3n) is 2.08. The Kier molecular flexibility index (Phi) is 3.39. The Morgan fingerprint density at radius 3 is 2.40 bits per heavy atom. The van der Waals surface area contributed by atoms with E-state index in [1.165, 1.54) is 0 Å². The molecule has 0 unspecified atom stereocenters. The highest BCUT2D eigenvalue weighted by molar-refractivity contribution is 5.94. The van der Waals surface area contributed by atoms with E-state index in [-0.39, 0.29) is 13.2 Å². The number of rotatable bonds is 2. The van der Waals surface area contributed by atoms with E-state index in [4.69, 9.17) is 0 Å². The highest BCUT2D eigenvalue weighted by atomic mass is 16.1. The molecule has 0 bridgehead atoms. The van der Waals surface area contributed by atoms with Gasteiger partial charge in [0.2, 0.25) is 0 Å². The topological polar surface area (TPSA) is 34.9 Å². The number of nitrogens with zero attached hydrogens (tertiary/aromatic N) is 2. The number of ketones is 1. The van der Waals surface area contributed by atoms with Gasteiger partial charge in [0.05, 0.1) is 6.33 Å². The minimum absolute atomic E-state index is 0. The van der Waals surface area contributed by atoms with Crippen molar-refractivity contribution in [1.29, 1.82) is 0 Å². The summed E-state index contributed by atoms with van der Waals surface area (Å²) >= 11 is 0. The fourth-order valence-corrected chi connectivity index (χ4v) is 1.28. The average Bonchev–Trinajstić information content (AvgIpc) is 2.71. The Bertz CT molecular complexity index is 429. The second-order valence-corrected chi connectivity index (χ2v) is 3.07. The summed E-state index contributed by atoms with van der Waals surface area (Å²) < 4.78 is 1.89. The number of carbonyl (C=O) groups is 1. The summed E-state index contributed by atoms with van der Waals surface area (Å²) in [6.07, 6.45) is 5.31. The minimum Gasteiger partial charge on any atom is -0.306 e. The summed E-state index contributed by atoms with van der Waals surface area (Å²) in [5.74, 6) is 0.0854. The number of Topliss-reactive ketones (excluding diaryl/α,β-unsaturated/α-hetero) is 1. The van der Waals surface area contributed by atoms with E-state index in [2.05, 4.69) is 4.98 Å². The number of hydrogen-bond acceptors (Lipinski definition) is 2. The van der Waals surface area contributed by atoms with Gasteiger partial charge in [0.1, 0.15) is 0 Å². The zero-order valence-electron chi connectivity index (χ0n) is 7.84. The van der Waals surface area contributed by atoms with E-state index in [0.717, 1.165) is 11.3 Å². The van der Waals surface area contributed by atoms with Crippen LogP contribution in [0.5, 0.6) is 0 Å². The molecule has 0 atom stereocenters. The molecular formula is C12H14N2O. The number of imidazole rings is 1. The van der Waals surface area contributed by atoms with E-state index < -0.39 is 0 Å². The molecule has 1 aromatic heterocycles. The maximum atomic E-state index is 11.0. The summed E-state index contributed by atoms with van der Waals surface area (Å²) in [5.41, 5.74) is 1.74. The Balaban J connectivity index is 0.00000112. The van der Waals surface area contributed by atoms with Crippen LogP contribution in [0.1, 0.15) is 24.7 Å². The summed E-state index contributed by atoms with van der Waals surface area (Å²) in [4.78, 5) is 15.0. The van der Waals surface area contributed by atoms with Crippen LogP contribution in [0.15, 0.2) is 43.0 Å². The van der Waals surface area contributed by atoms with Crippen LogP contribution in [0.2, 0.25) is 0 Å². The smallest absolute Gasteiger partial charge is 0.159 e. The lowest BCUT2D eigenvalue weighted by molar-refractivity contribution is 0.101. The maximum Gasteiger partial charge on any atom is 0.159 e. The molecule has 1 heterocycles. The van der Waals surface area contributed by atoms with Crippen molar-refractivity contribution in [1.82, 2.24) is 9.55 Å². The lowest BCUT2D eigenvalue weighted by Crippen LogP contribution is -1.94. The van der Waals surface area contributed by atoms with Crippen LogP contribution in [0.25, 0.3) is 5.69 Å². The van der Waals surface area contributed by atoms with Gasteiger partial charge < -0.3 is 4.57 Å². The predicted molar refractivity (Wildman–Crippen MR) is 60.3 cm³/mol. The van der Waals surface area contributed by atoms with Gasteiger partial charge in [0, 0.05) is 23.6 Å². The first-order valence-corrected chi connectivity index (χ1v) is 4.37. The molecule has 0 radical (unpaired) electrons. The normalized spacial score (nSPS) is 9.40. The van der Waals surface area contributed by atoms with Gasteiger partial charge in [0.15, 0.2) is 5.78 Å². The van der Waals surface area contributed by atoms with Crippen molar-refractivity contribution < 1.29 is 4.79 Å². The van der Waals surface area contributed by atoms with Gasteiger partial charge in [-0.25, -0.2) is 4.98 Å². The summed E-state index contributed by atoms with van der Waals surface area (Å²) in [6, 6.07) is 7.44. The monoisotopic (exact) mass is 202 g/mol. The first kappa shape index (κ1) is 11.2. The molecule has 0 saturated carbocycles. The van der Waals surface area contributed by atoms with Crippen LogP contribution < -0.4 is 0 Å². The molecule has 0 aliphatic carbocycles. The molecule has 3 nitrogen and oxygen atoms in total. The van der Waals surface area contributed by atoms with Crippen LogP contribution in [0.3, 0.4) is 0 Å². The molecule has 0 fully saturated rings. The Morgan fingerprint density at radius 2 is 1.93 bits per heavy atom. The fourth-order valence-electron chi connectivity index (χ4n) is 1.28. The van der Waals surface area contributed by atoms with Crippen molar-refractivity contribution in [3.8, 4) is 5.69 Å². The van der Waals surface area contributed by atoms with Crippen molar-refractivity contribution in [2.45, 2.75) is 14.4 Å². The first-order chi connectivity index (χ1) is 6.77. The molecule has 0 aliphatic heterocycles. The Morgan fingerprint density at radius 1 is 1.27 bits per heavy atom. The lowest BCUT2D eigenvalue weighted by atomic mass is 10.1. The Hall–Kier alpha value is -1.90. The highest BCUT2D eigenvalue weighted by Crippen LogP contribution is 2.09. The quantitative estimate of drug-likeness (QED) is 0.702. The SMILES string of the molecule is C.CC(=O)c1ccc(-n2ccnc2)cc1. The number of benzene rings is 1. The number of carbonyl (C=O) groups excluding carboxylic acids is 1. The van der Waals surface area contributed by atoms with Crippen LogP contribution in [0, 0.1) is 0 Å². The zero-order chi connectivity index (χ0) is 9.97. The second-order valence-electron chi connectivity index (χ2n) is 3.07. The lowest BCUT2D eigenvalue weighted by Gasteiger charge is -2.01. The molecule has 2 rings (SSSR count). The van der Waals surface area contributed by atoms with Crippen molar-refractivity contribution in [3.63, 3.8) is 0 Å². The van der Waals surface area contributed by atoms with Crippen LogP contribution >= 0.6 is 0 Å². The summed E-state index contributed by atoms with van der Waals surface area (Å²) in [6.45, 7) is 1.56. The molecule has 2 aromatic rings. The summed E-state index contributed by atoms with van der Waals surface area (Å²) in [5, 5.41) is 0. The Labute approximate surface area is 89.4 Å². The third kappa shape index (κ3) is 2.31. The molecule has 0 amide bonds. The van der Waals surface area contributed by atoms with Crippen LogP contribution in [-0.4, -0.2) is 15.3 Å². The summed E-state index contributed by atoms with van der Waals surface area (Å²) in [7, 11) is 0. The van der Waals surface area contributed by atoms with Gasteiger partial charge in [-0.3, -0.25) is 4.79 Å². The average molecular weight is 202 g/mol. The van der Waals surface area contributed by atoms with E-state index in [0.29, 0.717) is 0 Å². The van der Waals surface area contributed by atoms with E-state index in [1.54, 1.807) is 19.4 Å². The van der Waals surface area contributed by atoms with E-state index in [1.807, 2.05) is 35.0 Å². The first-order valence-electron chi connectivity index (χ1n) is 4.37. The van der Waals surface area contributed by atoms with Crippen molar-refractivity contribution in [2.24, 2.45) is 0 Å². The van der Waals surface area contributed by atoms with Crippen molar-refractivity contribution in [3.05, 3.63) is 48.5 Å². The maximum absolute atomic E-state index is 11.0. The molecule has 0 aliphatic rings. The molecule has 0 saturated heterocycles. The second kappa shape index (κ2) is 4.55. The molecule has 78 valence electrons. The van der Waals surface area contributed by atoms with E-state index in [9.17, 15) is 4.79 Å². The largest absolute Gasteiger partial charge is 0.306 e. The molecule has 0 spiro atoms. The third-order valence-corrected chi connectivity index (χ3v) is 2.08. The minimum atomic E-state index is 0. The zero-order valence-corrected chi connectivity index (χ0v) is 7.84. The molecule has 1 aromatic carbocycles. The molecule has 0 N–H and O–H groups in total. The fraction of sp³-hybridized carbons (Fsp3) is 0.167. The standard InChI is InChI=1S/C11H10N2O.CH4/c1-9(14)10-2-4-11(5-3-10)13-7-6-12-8-13;/h2-8H,1H3;1H4. The van der Waals surface area contributed by atoms with Crippen LogP contribution in [0.4, 0.5) is 0 Å². The predicted octanol–water partition coefficient (Wildman–Crippen LogP) is 2.71. The highest BCUT2D eigenvalue weighted by Gasteiger charge is 1.99. The van der Waals surface area contributed by atoms with Gasteiger partial charge in [-0.1, -0.05) is 7.43 Å². The van der Waals surface area contributed by atoms with Crippen molar-refractivity contribution in [2.75, 3.05) is 0 Å². The molecule has 3 heteroatoms. The van der Waals surface area contributed by atoms with Gasteiger partial charge in [-0.2, -0.15) is 0 Å². The van der Waals surface area contributed by atoms with Gasteiger partial charge in [-0.15, -0.1) is 0 Å². The molecule has 15 heavy (non-hydrogen) atoms. The van der Waals surface area contributed by atoms with Gasteiger partial charge in [0.25, 0.3) is 0 Å². The van der Waals surface area contributed by atoms with E-state index >= 15 is 0 Å². The van der Waals surface area contributed by atoms with Crippen LogP contribution in [-0.2, 0) is 0 Å². The number of aromatic nitrogens is 2. The van der Waals surface area contributed by atoms with Crippen molar-refractivity contribution >= 4 is 5.78 Å².